The minimum atomic E-state index is -0.833. The lowest BCUT2D eigenvalue weighted by molar-refractivity contribution is -0.134. The lowest BCUT2D eigenvalue weighted by Gasteiger charge is -2.15. The van der Waals surface area contributed by atoms with Gasteiger partial charge in [-0.3, -0.25) is 9.59 Å². The Morgan fingerprint density at radius 1 is 0.884 bits per heavy atom. The second-order valence-electron chi connectivity index (χ2n) is 10.0. The van der Waals surface area contributed by atoms with Crippen molar-refractivity contribution < 1.29 is 14.6 Å². The van der Waals surface area contributed by atoms with Gasteiger partial charge in [-0.05, 0) is 84.2 Å². The molecule has 0 fully saturated rings. The average Bonchev–Trinajstić information content (AvgIpc) is 3.43. The molecule has 0 aliphatic heterocycles. The molecule has 0 spiro atoms. The van der Waals surface area contributed by atoms with Crippen LogP contribution in [0, 0.1) is 0 Å². The lowest BCUT2D eigenvalue weighted by atomic mass is 9.97. The fraction of sp³-hybridized carbons (Fsp3) is 0.405. The van der Waals surface area contributed by atoms with Crippen LogP contribution in [0.1, 0.15) is 81.8 Å². The quantitative estimate of drug-likeness (QED) is 0.187. The third-order valence-electron chi connectivity index (χ3n) is 7.23. The number of pyridine rings is 1. The molecular formula is C37H50N2O4. The smallest absolute Gasteiger partial charge is 0.300 e. The van der Waals surface area contributed by atoms with E-state index < -0.39 is 5.97 Å². The third-order valence-corrected chi connectivity index (χ3v) is 7.23. The van der Waals surface area contributed by atoms with Gasteiger partial charge in [0.15, 0.2) is 0 Å². The topological polar surface area (TPSA) is 91.4 Å². The Hall–Kier alpha value is -3.90. The normalized spacial score (nSPS) is 11.7. The predicted octanol–water partition coefficient (Wildman–Crippen LogP) is 7.67. The minimum Gasteiger partial charge on any atom is -0.487 e. The fourth-order valence-electron chi connectivity index (χ4n) is 5.35. The van der Waals surface area contributed by atoms with E-state index in [1.165, 1.54) is 27.8 Å². The van der Waals surface area contributed by atoms with Crippen LogP contribution in [-0.4, -0.2) is 28.6 Å². The molecule has 0 saturated carbocycles. The van der Waals surface area contributed by atoms with Crippen molar-refractivity contribution in [2.45, 2.75) is 93.2 Å². The number of hydrogen-bond donors (Lipinski definition) is 3. The van der Waals surface area contributed by atoms with Crippen LogP contribution in [0.15, 0.2) is 71.5 Å². The summed E-state index contributed by atoms with van der Waals surface area (Å²) in [7, 11) is 0. The Morgan fingerprint density at radius 3 is 2.02 bits per heavy atom. The lowest BCUT2D eigenvalue weighted by Crippen LogP contribution is -2.31. The Labute approximate surface area is 257 Å². The van der Waals surface area contributed by atoms with Crippen LogP contribution in [0.5, 0.6) is 5.75 Å². The van der Waals surface area contributed by atoms with Crippen molar-refractivity contribution in [3.63, 3.8) is 0 Å². The van der Waals surface area contributed by atoms with Gasteiger partial charge in [0.2, 0.25) is 5.56 Å². The van der Waals surface area contributed by atoms with E-state index in [0.717, 1.165) is 62.0 Å². The molecule has 3 N–H and O–H groups in total. The molecule has 6 heteroatoms. The number of aryl methyl sites for hydroxylation is 2. The van der Waals surface area contributed by atoms with Gasteiger partial charge in [-0.25, -0.2) is 0 Å². The number of H-pyrrole nitrogens is 1. The second-order valence-corrected chi connectivity index (χ2v) is 10.0. The van der Waals surface area contributed by atoms with Crippen molar-refractivity contribution >= 4 is 16.9 Å². The molecule has 43 heavy (non-hydrogen) atoms. The van der Waals surface area contributed by atoms with Crippen LogP contribution >= 0.6 is 0 Å². The maximum atomic E-state index is 12.1. The number of aliphatic carboxylic acids is 1. The zero-order chi connectivity index (χ0) is 31.8. The first-order chi connectivity index (χ1) is 20.9. The second kappa shape index (κ2) is 18.6. The van der Waals surface area contributed by atoms with Crippen molar-refractivity contribution in [2.24, 2.45) is 0 Å². The summed E-state index contributed by atoms with van der Waals surface area (Å²) in [5, 5.41) is 12.3. The Balaban J connectivity index is 0.000000733. The van der Waals surface area contributed by atoms with E-state index in [9.17, 15) is 4.79 Å². The van der Waals surface area contributed by atoms with Gasteiger partial charge in [-0.1, -0.05) is 90.1 Å². The molecule has 0 saturated heterocycles. The number of carboxylic acids is 1. The summed E-state index contributed by atoms with van der Waals surface area (Å²) < 4.78 is 6.09. The van der Waals surface area contributed by atoms with Gasteiger partial charge in [0.1, 0.15) is 12.4 Å². The molecule has 4 aromatic rings. The van der Waals surface area contributed by atoms with Crippen molar-refractivity contribution in [1.29, 1.82) is 0 Å². The molecule has 0 radical (unpaired) electrons. The number of benzene rings is 3. The van der Waals surface area contributed by atoms with E-state index in [-0.39, 0.29) is 5.56 Å². The van der Waals surface area contributed by atoms with E-state index in [1.54, 1.807) is 6.07 Å². The monoisotopic (exact) mass is 586 g/mol. The van der Waals surface area contributed by atoms with Crippen LogP contribution in [0.25, 0.3) is 10.9 Å². The SMILES string of the molecule is CC.CC.CC(=O)O.CCc1cc2c(cc1CC)CC(NCCc1ccc(OCc3ccccc3)c3[nH]c(=O)ccc13)C2. The molecule has 0 unspecified atom stereocenters. The number of hydrogen-bond acceptors (Lipinski definition) is 4. The van der Waals surface area contributed by atoms with Crippen molar-refractivity contribution in [2.75, 3.05) is 6.54 Å². The van der Waals surface area contributed by atoms with Crippen LogP contribution < -0.4 is 15.6 Å². The maximum Gasteiger partial charge on any atom is 0.300 e. The average molecular weight is 587 g/mol. The van der Waals surface area contributed by atoms with Gasteiger partial charge < -0.3 is 20.1 Å². The number of fused-ring (bicyclic) bond motifs is 2. The van der Waals surface area contributed by atoms with Crippen molar-refractivity contribution in [3.05, 3.63) is 110 Å². The molecule has 1 aliphatic rings. The summed E-state index contributed by atoms with van der Waals surface area (Å²) in [6.45, 7) is 15.0. The number of carboxylic acid groups (broad SMARTS) is 1. The number of rotatable bonds is 9. The molecule has 0 bridgehead atoms. The van der Waals surface area contributed by atoms with Gasteiger partial charge >= 0.3 is 0 Å². The van der Waals surface area contributed by atoms with Gasteiger partial charge in [-0.2, -0.15) is 0 Å². The van der Waals surface area contributed by atoms with E-state index in [4.69, 9.17) is 14.6 Å². The van der Waals surface area contributed by atoms with Crippen LogP contribution in [0.2, 0.25) is 0 Å². The molecule has 1 aromatic heterocycles. The number of aromatic amines is 1. The summed E-state index contributed by atoms with van der Waals surface area (Å²) in [5.74, 6) is -0.122. The van der Waals surface area contributed by atoms with Gasteiger partial charge in [0.25, 0.3) is 5.97 Å². The molecule has 3 aromatic carbocycles. The standard InChI is InChI=1S/C31H34N2O2.C2H4O2.2C2H6/c1-3-22-16-25-18-27(19-26(25)17-23(22)4-2)32-15-14-24-10-12-29(31-28(24)11-13-30(34)33-31)35-20-21-8-6-5-7-9-21;1-2(3)4;2*1-2/h5-13,16-17,27,32H,3-4,14-15,18-20H2,1-2H3,(H,33,34);1H3,(H,3,4);2*1-2H3. The van der Waals surface area contributed by atoms with Gasteiger partial charge in [0.05, 0.1) is 5.52 Å². The van der Waals surface area contributed by atoms with Crippen molar-refractivity contribution in [3.8, 4) is 5.75 Å². The molecule has 0 atom stereocenters. The van der Waals surface area contributed by atoms with E-state index in [0.29, 0.717) is 18.4 Å². The molecule has 232 valence electrons. The fourth-order valence-corrected chi connectivity index (χ4v) is 5.35. The first-order valence-electron chi connectivity index (χ1n) is 15.8. The molecule has 0 amide bonds. The maximum absolute atomic E-state index is 12.1. The molecule has 1 heterocycles. The number of nitrogens with one attached hydrogen (secondary N) is 2. The molecular weight excluding hydrogens is 536 g/mol. The zero-order valence-corrected chi connectivity index (χ0v) is 27.0. The van der Waals surface area contributed by atoms with Crippen molar-refractivity contribution in [1.82, 2.24) is 10.3 Å². The highest BCUT2D eigenvalue weighted by atomic mass is 16.5. The molecule has 1 aliphatic carbocycles. The summed E-state index contributed by atoms with van der Waals surface area (Å²) in [6, 6.07) is 23.1. The predicted molar refractivity (Wildman–Crippen MR) is 179 cm³/mol. The summed E-state index contributed by atoms with van der Waals surface area (Å²) >= 11 is 0. The Morgan fingerprint density at radius 2 is 1.47 bits per heavy atom. The van der Waals surface area contributed by atoms with E-state index in [2.05, 4.69) is 42.3 Å². The first kappa shape index (κ1) is 35.3. The summed E-state index contributed by atoms with van der Waals surface area (Å²) in [4.78, 5) is 24.1. The molecule has 6 nitrogen and oxygen atoms in total. The van der Waals surface area contributed by atoms with Crippen LogP contribution in [0.4, 0.5) is 0 Å². The third kappa shape index (κ3) is 10.4. The highest BCUT2D eigenvalue weighted by Gasteiger charge is 2.22. The molecule has 5 rings (SSSR count). The minimum absolute atomic E-state index is 0.112. The Kier molecular flexibility index (Phi) is 15.3. The van der Waals surface area contributed by atoms with Crippen LogP contribution in [0.3, 0.4) is 0 Å². The first-order valence-corrected chi connectivity index (χ1v) is 15.8. The number of carbonyl (C=O) groups is 1. The highest BCUT2D eigenvalue weighted by Crippen LogP contribution is 2.29. The summed E-state index contributed by atoms with van der Waals surface area (Å²) in [6.07, 6.45) is 5.32. The number of ether oxygens (including phenoxy) is 1. The zero-order valence-electron chi connectivity index (χ0n) is 27.0. The summed E-state index contributed by atoms with van der Waals surface area (Å²) in [5.41, 5.74) is 9.01. The highest BCUT2D eigenvalue weighted by molar-refractivity contribution is 5.87. The number of aromatic nitrogens is 1. The van der Waals surface area contributed by atoms with E-state index in [1.807, 2.05) is 70.2 Å². The van der Waals surface area contributed by atoms with Gasteiger partial charge in [-0.15, -0.1) is 0 Å². The van der Waals surface area contributed by atoms with Crippen LogP contribution in [-0.2, 0) is 43.5 Å². The Bertz CT molecular complexity index is 1440. The largest absolute Gasteiger partial charge is 0.487 e. The van der Waals surface area contributed by atoms with Gasteiger partial charge in [0, 0.05) is 24.4 Å². The van der Waals surface area contributed by atoms with E-state index >= 15 is 0 Å².